The van der Waals surface area contributed by atoms with E-state index in [2.05, 4.69) is 4.98 Å². The van der Waals surface area contributed by atoms with E-state index in [-0.39, 0.29) is 24.6 Å². The van der Waals surface area contributed by atoms with Crippen LogP contribution in [0.3, 0.4) is 0 Å². The van der Waals surface area contributed by atoms with Gasteiger partial charge in [-0.2, -0.15) is 31.6 Å². The Kier molecular flexibility index (Phi) is 8.86. The molecule has 6 nitrogen and oxygen atoms in total. The molecule has 0 atom stereocenters. The van der Waals surface area contributed by atoms with Crippen LogP contribution in [0.15, 0.2) is 36.5 Å². The van der Waals surface area contributed by atoms with Crippen molar-refractivity contribution in [2.45, 2.75) is 50.2 Å². The zero-order valence-corrected chi connectivity index (χ0v) is 21.6. The lowest BCUT2D eigenvalue weighted by Gasteiger charge is -2.37. The van der Waals surface area contributed by atoms with Crippen molar-refractivity contribution in [2.24, 2.45) is 0 Å². The van der Waals surface area contributed by atoms with E-state index in [9.17, 15) is 26.3 Å². The molecular weight excluding hydrogens is 546 g/mol. The number of nitrogens with zero attached hydrogens (tertiary/aromatic N) is 4. The minimum atomic E-state index is -4.64. The van der Waals surface area contributed by atoms with E-state index in [1.807, 2.05) is 9.80 Å². The molecule has 1 aliphatic carbocycles. The number of alkyl halides is 6. The Balaban J connectivity index is 1.18. The van der Waals surface area contributed by atoms with Crippen LogP contribution in [0.4, 0.5) is 32.0 Å². The van der Waals surface area contributed by atoms with Gasteiger partial charge in [-0.05, 0) is 56.0 Å². The van der Waals surface area contributed by atoms with Gasteiger partial charge in [-0.3, -0.25) is 0 Å². The van der Waals surface area contributed by atoms with Crippen molar-refractivity contribution in [3.05, 3.63) is 53.3 Å². The van der Waals surface area contributed by atoms with Crippen LogP contribution in [0, 0.1) is 11.3 Å². The van der Waals surface area contributed by atoms with E-state index in [0.29, 0.717) is 62.5 Å². The molecule has 1 aromatic heterocycles. The highest BCUT2D eigenvalue weighted by Crippen LogP contribution is 2.35. The first-order valence-corrected chi connectivity index (χ1v) is 12.8. The summed E-state index contributed by atoms with van der Waals surface area (Å²) in [5.41, 5.74) is -1.75. The number of ether oxygens (including phenoxy) is 2. The Morgan fingerprint density at radius 2 is 1.62 bits per heavy atom. The molecule has 2 aromatic rings. The quantitative estimate of drug-likeness (QED) is 0.318. The van der Waals surface area contributed by atoms with E-state index >= 15 is 0 Å². The fourth-order valence-electron chi connectivity index (χ4n) is 4.67. The molecule has 0 bridgehead atoms. The third-order valence-corrected chi connectivity index (χ3v) is 7.20. The maximum atomic E-state index is 13.2. The van der Waals surface area contributed by atoms with Crippen molar-refractivity contribution in [1.29, 1.82) is 5.26 Å². The lowest BCUT2D eigenvalue weighted by atomic mass is 9.95. The third-order valence-electron chi connectivity index (χ3n) is 6.82. The van der Waals surface area contributed by atoms with Gasteiger partial charge in [-0.1, -0.05) is 12.2 Å². The van der Waals surface area contributed by atoms with E-state index < -0.39 is 29.2 Å². The lowest BCUT2D eigenvalue weighted by Crippen LogP contribution is -2.49. The van der Waals surface area contributed by atoms with Gasteiger partial charge >= 0.3 is 12.4 Å². The molecule has 2 fully saturated rings. The predicted molar refractivity (Wildman–Crippen MR) is 134 cm³/mol. The van der Waals surface area contributed by atoms with Crippen molar-refractivity contribution in [3.8, 4) is 11.8 Å². The number of piperazine rings is 1. The summed E-state index contributed by atoms with van der Waals surface area (Å²) in [5.74, 6) is 0.0816. The number of pyridine rings is 1. The summed E-state index contributed by atoms with van der Waals surface area (Å²) in [6.45, 7) is 2.64. The lowest BCUT2D eigenvalue weighted by molar-refractivity contribution is -0.141. The zero-order chi connectivity index (χ0) is 28.2. The van der Waals surface area contributed by atoms with Crippen molar-refractivity contribution < 1.29 is 35.8 Å². The van der Waals surface area contributed by atoms with Crippen LogP contribution >= 0.6 is 12.2 Å². The number of hydrogen-bond acceptors (Lipinski definition) is 6. The number of halogens is 6. The van der Waals surface area contributed by atoms with E-state index in [0.717, 1.165) is 18.2 Å². The van der Waals surface area contributed by atoms with Gasteiger partial charge in [0.1, 0.15) is 16.4 Å². The average molecular weight is 573 g/mol. The van der Waals surface area contributed by atoms with Gasteiger partial charge in [0, 0.05) is 26.2 Å². The van der Waals surface area contributed by atoms with Crippen molar-refractivity contribution in [1.82, 2.24) is 9.88 Å². The number of benzene rings is 1. The first-order chi connectivity index (χ1) is 18.4. The average Bonchev–Trinajstić information content (AvgIpc) is 2.91. The van der Waals surface area contributed by atoms with Gasteiger partial charge < -0.3 is 19.3 Å². The summed E-state index contributed by atoms with van der Waals surface area (Å²) in [6.07, 6.45) is -5.61. The second-order valence-corrected chi connectivity index (χ2v) is 9.88. The second kappa shape index (κ2) is 12.0. The Hall–Kier alpha value is -3.11. The van der Waals surface area contributed by atoms with Crippen molar-refractivity contribution >= 4 is 22.9 Å². The molecular formula is C26H26F6N4O2S. The summed E-state index contributed by atoms with van der Waals surface area (Å²) in [7, 11) is 0. The summed E-state index contributed by atoms with van der Waals surface area (Å²) < 4.78 is 89.5. The van der Waals surface area contributed by atoms with Gasteiger partial charge in [0.05, 0.1) is 47.9 Å². The van der Waals surface area contributed by atoms with Gasteiger partial charge in [-0.25, -0.2) is 4.98 Å². The first kappa shape index (κ1) is 28.9. The molecule has 2 aliphatic rings. The smallest absolute Gasteiger partial charge is 0.433 e. The van der Waals surface area contributed by atoms with Crippen LogP contribution in [-0.2, 0) is 17.1 Å². The molecule has 210 valence electrons. The molecule has 0 N–H and O–H groups in total. The zero-order valence-electron chi connectivity index (χ0n) is 20.8. The Bertz CT molecular complexity index is 1180. The first-order valence-electron chi connectivity index (χ1n) is 12.4. The molecule has 4 rings (SSSR count). The summed E-state index contributed by atoms with van der Waals surface area (Å²) in [5, 5.41) is 8.93. The largest absolute Gasteiger partial charge is 0.490 e. The molecule has 0 spiro atoms. The minimum absolute atomic E-state index is 0.0472. The molecule has 0 radical (unpaired) electrons. The number of anilines is 1. The SMILES string of the molecule is N#Cc1ccc(O[C@H]2CC[C@H](OCC(=S)N3CCN(c4ccc(C(F)(F)F)nc4)CC3)CC2)cc1C(F)(F)F. The van der Waals surface area contributed by atoms with Gasteiger partial charge in [-0.15, -0.1) is 0 Å². The fourth-order valence-corrected chi connectivity index (χ4v) is 4.92. The number of nitriles is 1. The number of thiocarbonyl (C=S) groups is 1. The molecule has 2 heterocycles. The highest BCUT2D eigenvalue weighted by molar-refractivity contribution is 7.80. The van der Waals surface area contributed by atoms with E-state index in [1.165, 1.54) is 18.3 Å². The molecule has 1 saturated carbocycles. The van der Waals surface area contributed by atoms with Crippen LogP contribution in [0.5, 0.6) is 5.75 Å². The second-order valence-electron chi connectivity index (χ2n) is 9.41. The van der Waals surface area contributed by atoms with E-state index in [4.69, 9.17) is 27.0 Å². The molecule has 13 heteroatoms. The summed E-state index contributed by atoms with van der Waals surface area (Å²) in [6, 6.07) is 7.32. The van der Waals surface area contributed by atoms with Crippen LogP contribution in [-0.4, -0.2) is 59.9 Å². The van der Waals surface area contributed by atoms with Crippen LogP contribution in [0.25, 0.3) is 0 Å². The Morgan fingerprint density at radius 3 is 2.18 bits per heavy atom. The molecule has 0 unspecified atom stereocenters. The predicted octanol–water partition coefficient (Wildman–Crippen LogP) is 5.85. The van der Waals surface area contributed by atoms with Crippen molar-refractivity contribution in [2.75, 3.05) is 37.7 Å². The van der Waals surface area contributed by atoms with Gasteiger partial charge in [0.25, 0.3) is 0 Å². The number of rotatable bonds is 6. The molecule has 1 aromatic carbocycles. The monoisotopic (exact) mass is 572 g/mol. The standard InChI is InChI=1S/C26H26F6N4O2S/c27-25(28,29)22-13-21(3-1-17(22)14-33)38-20-6-4-19(5-7-20)37-16-24(39)36-11-9-35(10-12-36)18-2-8-23(34-15-18)26(30,31)32/h1-3,8,13,15,19-20H,4-7,9-12,16H2/t19-,20-. The normalized spacial score (nSPS) is 20.4. The Labute approximate surface area is 227 Å². The van der Waals surface area contributed by atoms with Crippen LogP contribution in [0.2, 0.25) is 0 Å². The highest BCUT2D eigenvalue weighted by atomic mass is 32.1. The maximum absolute atomic E-state index is 13.2. The van der Waals surface area contributed by atoms with Crippen LogP contribution < -0.4 is 9.64 Å². The molecule has 1 aliphatic heterocycles. The molecule has 39 heavy (non-hydrogen) atoms. The highest BCUT2D eigenvalue weighted by Gasteiger charge is 2.35. The summed E-state index contributed by atoms with van der Waals surface area (Å²) in [4.78, 5) is 8.14. The van der Waals surface area contributed by atoms with Gasteiger partial charge in [0.15, 0.2) is 0 Å². The fraction of sp³-hybridized carbons (Fsp3) is 0.500. The maximum Gasteiger partial charge on any atom is 0.433 e. The third kappa shape index (κ3) is 7.51. The van der Waals surface area contributed by atoms with Crippen LogP contribution in [0.1, 0.15) is 42.5 Å². The van der Waals surface area contributed by atoms with Crippen molar-refractivity contribution in [3.63, 3.8) is 0 Å². The van der Waals surface area contributed by atoms with E-state index in [1.54, 1.807) is 6.07 Å². The Morgan fingerprint density at radius 1 is 0.949 bits per heavy atom. The molecule has 0 amide bonds. The summed E-state index contributed by atoms with van der Waals surface area (Å²) >= 11 is 5.53. The van der Waals surface area contributed by atoms with Gasteiger partial charge in [0.2, 0.25) is 0 Å². The number of aromatic nitrogens is 1. The topological polar surface area (TPSA) is 61.6 Å². The molecule has 1 saturated heterocycles. The minimum Gasteiger partial charge on any atom is -0.490 e. The number of hydrogen-bond donors (Lipinski definition) is 0.